The predicted octanol–water partition coefficient (Wildman–Crippen LogP) is 1.90. The summed E-state index contributed by atoms with van der Waals surface area (Å²) in [6, 6.07) is 11.7. The van der Waals surface area contributed by atoms with Crippen molar-refractivity contribution in [3.05, 3.63) is 48.7 Å². The van der Waals surface area contributed by atoms with E-state index in [0.29, 0.717) is 28.2 Å². The van der Waals surface area contributed by atoms with Crippen LogP contribution in [-0.2, 0) is 0 Å². The minimum atomic E-state index is -1.75. The number of aliphatic hydroxyl groups excluding tert-OH is 1. The first kappa shape index (κ1) is 14.4. The van der Waals surface area contributed by atoms with Crippen LogP contribution in [0.2, 0.25) is 0 Å². The summed E-state index contributed by atoms with van der Waals surface area (Å²) in [6.07, 6.45) is -0.149. The first-order valence-electron chi connectivity index (χ1n) is 7.08. The number of hydrogen-bond acceptors (Lipinski definition) is 7. The van der Waals surface area contributed by atoms with Gasteiger partial charge in [-0.1, -0.05) is 5.21 Å². The van der Waals surface area contributed by atoms with Gasteiger partial charge in [0.05, 0.1) is 11.7 Å². The second kappa shape index (κ2) is 5.44. The van der Waals surface area contributed by atoms with E-state index < -0.39 is 6.41 Å². The number of phenols is 1. The average molecular weight is 324 g/mol. The maximum absolute atomic E-state index is 9.33. The maximum atomic E-state index is 9.33. The zero-order valence-electron chi connectivity index (χ0n) is 12.2. The van der Waals surface area contributed by atoms with Crippen molar-refractivity contribution in [1.82, 2.24) is 20.0 Å². The summed E-state index contributed by atoms with van der Waals surface area (Å²) in [5.41, 5.74) is 2.46. The molecule has 4 rings (SSSR count). The van der Waals surface area contributed by atoms with Crippen LogP contribution >= 0.6 is 0 Å². The third kappa shape index (κ3) is 2.39. The van der Waals surface area contributed by atoms with Crippen LogP contribution < -0.4 is 0 Å². The Bertz CT molecular complexity index is 1000. The van der Waals surface area contributed by atoms with Crippen molar-refractivity contribution in [2.24, 2.45) is 0 Å². The number of benzene rings is 2. The van der Waals surface area contributed by atoms with E-state index in [0.717, 1.165) is 10.2 Å². The van der Waals surface area contributed by atoms with Crippen molar-refractivity contribution < 1.29 is 19.7 Å². The van der Waals surface area contributed by atoms with Crippen molar-refractivity contribution in [3.63, 3.8) is 0 Å². The minimum Gasteiger partial charge on any atom is -0.508 e. The van der Waals surface area contributed by atoms with Gasteiger partial charge in [0, 0.05) is 11.1 Å². The highest BCUT2D eigenvalue weighted by molar-refractivity contribution is 5.79. The van der Waals surface area contributed by atoms with Gasteiger partial charge in [-0.3, -0.25) is 0 Å². The van der Waals surface area contributed by atoms with Gasteiger partial charge in [0.2, 0.25) is 5.89 Å². The molecular formula is C16H12N4O4. The van der Waals surface area contributed by atoms with Crippen LogP contribution in [0.15, 0.2) is 53.1 Å². The topological polar surface area (TPSA) is 117 Å². The number of rotatable bonds is 3. The Morgan fingerprint density at radius 3 is 2.50 bits per heavy atom. The molecule has 0 saturated heterocycles. The number of aromatic nitrogens is 4. The number of aromatic hydroxyl groups is 1. The normalized spacial score (nSPS) is 11.5. The number of oxazole rings is 1. The zero-order chi connectivity index (χ0) is 16.7. The third-order valence-corrected chi connectivity index (χ3v) is 3.59. The molecule has 2 heterocycles. The predicted molar refractivity (Wildman–Crippen MR) is 83.6 cm³/mol. The summed E-state index contributed by atoms with van der Waals surface area (Å²) >= 11 is 0. The van der Waals surface area contributed by atoms with Gasteiger partial charge >= 0.3 is 0 Å². The molecule has 0 bridgehead atoms. The standard InChI is InChI=1S/C16H12N4O4/c21-11-4-1-9(2-5-11)14-8-17-15(24-14)10-3-6-13-12(7-10)18-19-20(13)16(22)23/h1-8,16,21-23H. The number of hydrogen-bond donors (Lipinski definition) is 3. The van der Waals surface area contributed by atoms with Crippen LogP contribution in [-0.4, -0.2) is 35.3 Å². The Morgan fingerprint density at radius 1 is 1.00 bits per heavy atom. The zero-order valence-corrected chi connectivity index (χ0v) is 12.2. The van der Waals surface area contributed by atoms with Crippen molar-refractivity contribution >= 4 is 11.0 Å². The molecule has 120 valence electrons. The highest BCUT2D eigenvalue weighted by Gasteiger charge is 2.13. The molecule has 0 aliphatic heterocycles. The van der Waals surface area contributed by atoms with Gasteiger partial charge in [0.1, 0.15) is 11.3 Å². The molecule has 0 atom stereocenters. The Hall–Kier alpha value is -3.23. The second-order valence-electron chi connectivity index (χ2n) is 5.16. The lowest BCUT2D eigenvalue weighted by atomic mass is 10.2. The van der Waals surface area contributed by atoms with E-state index in [9.17, 15) is 15.3 Å². The Kier molecular flexibility index (Phi) is 3.26. The van der Waals surface area contributed by atoms with Gasteiger partial charge in [0.25, 0.3) is 6.41 Å². The van der Waals surface area contributed by atoms with Crippen LogP contribution in [0.5, 0.6) is 5.75 Å². The molecule has 0 aliphatic rings. The van der Waals surface area contributed by atoms with Crippen molar-refractivity contribution in [1.29, 1.82) is 0 Å². The fourth-order valence-electron chi connectivity index (χ4n) is 2.41. The summed E-state index contributed by atoms with van der Waals surface area (Å²) in [7, 11) is 0. The summed E-state index contributed by atoms with van der Waals surface area (Å²) in [4.78, 5) is 4.25. The Balaban J connectivity index is 1.71. The smallest absolute Gasteiger partial charge is 0.256 e. The van der Waals surface area contributed by atoms with Crippen LogP contribution in [0.3, 0.4) is 0 Å². The third-order valence-electron chi connectivity index (χ3n) is 3.59. The fraction of sp³-hybridized carbons (Fsp3) is 0.0625. The van der Waals surface area contributed by atoms with E-state index >= 15 is 0 Å². The molecule has 4 aromatic rings. The minimum absolute atomic E-state index is 0.179. The SMILES string of the molecule is Oc1ccc(-c2cnc(-c3ccc4c(c3)nnn4C(O)O)o2)cc1. The number of nitrogens with zero attached hydrogens (tertiary/aromatic N) is 4. The monoisotopic (exact) mass is 324 g/mol. The van der Waals surface area contributed by atoms with Gasteiger partial charge in [-0.05, 0) is 42.5 Å². The first-order chi connectivity index (χ1) is 11.6. The molecule has 0 saturated carbocycles. The van der Waals surface area contributed by atoms with Crippen molar-refractivity contribution in [3.8, 4) is 28.5 Å². The van der Waals surface area contributed by atoms with E-state index in [-0.39, 0.29) is 5.75 Å². The molecule has 0 unspecified atom stereocenters. The number of fused-ring (bicyclic) bond motifs is 1. The highest BCUT2D eigenvalue weighted by atomic mass is 16.5. The van der Waals surface area contributed by atoms with Gasteiger partial charge < -0.3 is 19.7 Å². The molecule has 8 nitrogen and oxygen atoms in total. The lowest BCUT2D eigenvalue weighted by Crippen LogP contribution is -2.08. The maximum Gasteiger partial charge on any atom is 0.256 e. The van der Waals surface area contributed by atoms with Crippen LogP contribution in [0, 0.1) is 0 Å². The quantitative estimate of drug-likeness (QED) is 0.493. The van der Waals surface area contributed by atoms with E-state index in [2.05, 4.69) is 15.3 Å². The van der Waals surface area contributed by atoms with Crippen LogP contribution in [0.25, 0.3) is 33.8 Å². The van der Waals surface area contributed by atoms with Gasteiger partial charge in [-0.25, -0.2) is 4.98 Å². The molecule has 0 fully saturated rings. The molecule has 0 amide bonds. The average Bonchev–Trinajstić information content (AvgIpc) is 3.22. The summed E-state index contributed by atoms with van der Waals surface area (Å²) < 4.78 is 6.75. The second-order valence-corrected chi connectivity index (χ2v) is 5.16. The molecule has 0 spiro atoms. The van der Waals surface area contributed by atoms with Crippen molar-refractivity contribution in [2.45, 2.75) is 6.41 Å². The Morgan fingerprint density at radius 2 is 1.75 bits per heavy atom. The van der Waals surface area contributed by atoms with Crippen LogP contribution in [0.1, 0.15) is 6.41 Å². The summed E-state index contributed by atoms with van der Waals surface area (Å²) in [5.74, 6) is 1.15. The molecule has 2 aromatic carbocycles. The van der Waals surface area contributed by atoms with E-state index in [1.54, 1.807) is 48.7 Å². The molecule has 0 radical (unpaired) electrons. The van der Waals surface area contributed by atoms with Gasteiger partial charge in [0.15, 0.2) is 5.76 Å². The summed E-state index contributed by atoms with van der Waals surface area (Å²) in [5, 5.41) is 35.3. The lowest BCUT2D eigenvalue weighted by Gasteiger charge is -2.03. The van der Waals surface area contributed by atoms with Crippen molar-refractivity contribution in [2.75, 3.05) is 0 Å². The number of aliphatic hydroxyl groups is 2. The molecule has 24 heavy (non-hydrogen) atoms. The number of phenolic OH excluding ortho intramolecular Hbond substituents is 1. The highest BCUT2D eigenvalue weighted by Crippen LogP contribution is 2.28. The summed E-state index contributed by atoms with van der Waals surface area (Å²) in [6.45, 7) is 0. The Labute approximate surface area is 135 Å². The largest absolute Gasteiger partial charge is 0.508 e. The lowest BCUT2D eigenvalue weighted by molar-refractivity contribution is -0.108. The first-order valence-corrected chi connectivity index (χ1v) is 7.08. The van der Waals surface area contributed by atoms with Gasteiger partial charge in [-0.2, -0.15) is 4.68 Å². The van der Waals surface area contributed by atoms with Gasteiger partial charge in [-0.15, -0.1) is 5.10 Å². The molecule has 2 aromatic heterocycles. The van der Waals surface area contributed by atoms with Crippen LogP contribution in [0.4, 0.5) is 0 Å². The van der Waals surface area contributed by atoms with E-state index in [1.807, 2.05) is 0 Å². The van der Waals surface area contributed by atoms with E-state index in [4.69, 9.17) is 4.42 Å². The molecule has 8 heteroatoms. The van der Waals surface area contributed by atoms with E-state index in [1.165, 1.54) is 0 Å². The molecular weight excluding hydrogens is 312 g/mol. The molecule has 3 N–H and O–H groups in total. The molecule has 0 aliphatic carbocycles. The fourth-order valence-corrected chi connectivity index (χ4v) is 2.41.